The Hall–Kier alpha value is -4.56. The molecule has 0 amide bonds. The molecule has 6 aromatic rings. The van der Waals surface area contributed by atoms with E-state index in [1.54, 1.807) is 0 Å². The molecule has 0 saturated heterocycles. The monoisotopic (exact) mass is 462 g/mol. The number of anilines is 3. The van der Waals surface area contributed by atoms with Gasteiger partial charge in [0.15, 0.2) is 0 Å². The molecule has 1 heterocycles. The fraction of sp³-hybridized carbons (Fsp3) is 0.0588. The van der Waals surface area contributed by atoms with Gasteiger partial charge >= 0.3 is 0 Å². The third-order valence-corrected chi connectivity index (χ3v) is 7.20. The minimum Gasteiger partial charge on any atom is -0.312 e. The van der Waals surface area contributed by atoms with Crippen molar-refractivity contribution in [2.75, 3.05) is 4.90 Å². The van der Waals surface area contributed by atoms with Gasteiger partial charge in [-0.1, -0.05) is 91.0 Å². The second-order valence-corrected chi connectivity index (χ2v) is 9.35. The van der Waals surface area contributed by atoms with Crippen LogP contribution in [0.2, 0.25) is 0 Å². The third kappa shape index (κ3) is 3.34. The molecule has 0 saturated carbocycles. The molecule has 36 heavy (non-hydrogen) atoms. The quantitative estimate of drug-likeness (QED) is 0.253. The van der Waals surface area contributed by atoms with Crippen LogP contribution in [0.3, 0.4) is 0 Å². The van der Waals surface area contributed by atoms with Gasteiger partial charge in [0.1, 0.15) is 0 Å². The highest BCUT2D eigenvalue weighted by molar-refractivity contribution is 6.19. The van der Waals surface area contributed by atoms with E-state index in [0.29, 0.717) is 0 Å². The second kappa shape index (κ2) is 8.58. The average Bonchev–Trinajstić information content (AvgIpc) is 3.29. The number of para-hydroxylation sites is 2. The Bertz CT molecular complexity index is 1730. The van der Waals surface area contributed by atoms with Crippen LogP contribution in [0.5, 0.6) is 0 Å². The normalized spacial score (nSPS) is 13.4. The van der Waals surface area contributed by atoms with Crippen molar-refractivity contribution in [1.82, 2.24) is 4.57 Å². The summed E-state index contributed by atoms with van der Waals surface area (Å²) in [5.74, 6) is 0. The first-order valence-electron chi connectivity index (χ1n) is 12.6. The van der Waals surface area contributed by atoms with Crippen molar-refractivity contribution in [3.63, 3.8) is 0 Å². The summed E-state index contributed by atoms with van der Waals surface area (Å²) in [7, 11) is 0. The van der Waals surface area contributed by atoms with Gasteiger partial charge in [0.05, 0.1) is 11.0 Å². The Kier molecular flexibility index (Phi) is 4.96. The first-order valence-corrected chi connectivity index (χ1v) is 12.6. The number of aromatic nitrogens is 1. The topological polar surface area (TPSA) is 8.17 Å². The molecule has 0 unspecified atom stereocenters. The number of rotatable bonds is 4. The number of nitrogens with zero attached hydrogens (tertiary/aromatic N) is 2. The minimum atomic E-state index is 1.03. The highest BCUT2D eigenvalue weighted by Crippen LogP contribution is 2.41. The standard InChI is InChI=1S/C34H26N2/c1-4-13-26(14-5-1)35(27-15-6-2-7-16-27)29-21-23-31-32-22-20-25-12-10-11-19-30(25)34(32)36(33(31)24-29)28-17-8-3-9-18-28/h1-8,10-17,19-24H,9,18H2. The van der Waals surface area contributed by atoms with Crippen LogP contribution in [-0.4, -0.2) is 4.57 Å². The molecule has 172 valence electrons. The van der Waals surface area contributed by atoms with Gasteiger partial charge in [-0.2, -0.15) is 0 Å². The molecule has 1 aliphatic carbocycles. The Balaban J connectivity index is 1.56. The molecule has 1 aliphatic rings. The summed E-state index contributed by atoms with van der Waals surface area (Å²) in [6.45, 7) is 0. The Morgan fingerprint density at radius 1 is 0.583 bits per heavy atom. The van der Waals surface area contributed by atoms with E-state index < -0.39 is 0 Å². The molecule has 0 aliphatic heterocycles. The number of hydrogen-bond acceptors (Lipinski definition) is 1. The summed E-state index contributed by atoms with van der Waals surface area (Å²) in [6.07, 6.45) is 8.84. The molecule has 0 atom stereocenters. The maximum Gasteiger partial charge on any atom is 0.0616 e. The van der Waals surface area contributed by atoms with Crippen LogP contribution in [0.1, 0.15) is 12.8 Å². The van der Waals surface area contributed by atoms with Crippen LogP contribution in [-0.2, 0) is 0 Å². The van der Waals surface area contributed by atoms with E-state index >= 15 is 0 Å². The molecule has 1 aromatic heterocycles. The predicted molar refractivity (Wildman–Crippen MR) is 154 cm³/mol. The average molecular weight is 463 g/mol. The van der Waals surface area contributed by atoms with Crippen LogP contribution >= 0.6 is 0 Å². The lowest BCUT2D eigenvalue weighted by molar-refractivity contribution is 0.980. The predicted octanol–water partition coefficient (Wildman–Crippen LogP) is 9.61. The third-order valence-electron chi connectivity index (χ3n) is 7.20. The molecule has 2 nitrogen and oxygen atoms in total. The van der Waals surface area contributed by atoms with E-state index in [4.69, 9.17) is 0 Å². The first-order chi connectivity index (χ1) is 17.9. The van der Waals surface area contributed by atoms with Crippen LogP contribution in [0, 0.1) is 0 Å². The molecule has 0 bridgehead atoms. The lowest BCUT2D eigenvalue weighted by atomic mass is 10.1. The number of fused-ring (bicyclic) bond motifs is 5. The van der Waals surface area contributed by atoms with E-state index in [0.717, 1.165) is 29.9 Å². The zero-order chi connectivity index (χ0) is 23.9. The van der Waals surface area contributed by atoms with Gasteiger partial charge in [-0.15, -0.1) is 0 Å². The molecule has 7 rings (SSSR count). The molecule has 0 N–H and O–H groups in total. The Morgan fingerprint density at radius 3 is 2.00 bits per heavy atom. The maximum absolute atomic E-state index is 2.51. The zero-order valence-electron chi connectivity index (χ0n) is 20.0. The highest BCUT2D eigenvalue weighted by atomic mass is 15.1. The molecule has 0 fully saturated rings. The minimum absolute atomic E-state index is 1.03. The first kappa shape index (κ1) is 20.8. The van der Waals surface area contributed by atoms with Gasteiger partial charge in [0.25, 0.3) is 0 Å². The van der Waals surface area contributed by atoms with Gasteiger partial charge in [-0.3, -0.25) is 0 Å². The van der Waals surface area contributed by atoms with Crippen LogP contribution < -0.4 is 4.90 Å². The van der Waals surface area contributed by atoms with E-state index in [2.05, 4.69) is 143 Å². The van der Waals surface area contributed by atoms with Gasteiger partial charge in [-0.25, -0.2) is 0 Å². The van der Waals surface area contributed by atoms with Crippen molar-refractivity contribution in [3.05, 3.63) is 133 Å². The highest BCUT2D eigenvalue weighted by Gasteiger charge is 2.19. The summed E-state index contributed by atoms with van der Waals surface area (Å²) in [5.41, 5.74) is 7.34. The van der Waals surface area contributed by atoms with E-state index in [9.17, 15) is 0 Å². The maximum atomic E-state index is 2.51. The van der Waals surface area contributed by atoms with E-state index in [1.165, 1.54) is 38.3 Å². The van der Waals surface area contributed by atoms with Gasteiger partial charge in [0.2, 0.25) is 0 Å². The van der Waals surface area contributed by atoms with Crippen LogP contribution in [0.4, 0.5) is 17.1 Å². The number of hydrogen-bond donors (Lipinski definition) is 0. The van der Waals surface area contributed by atoms with Gasteiger partial charge < -0.3 is 9.47 Å². The Morgan fingerprint density at radius 2 is 1.28 bits per heavy atom. The van der Waals surface area contributed by atoms with E-state index in [-0.39, 0.29) is 0 Å². The van der Waals surface area contributed by atoms with Crippen molar-refractivity contribution in [2.45, 2.75) is 12.8 Å². The van der Waals surface area contributed by atoms with Crippen molar-refractivity contribution in [3.8, 4) is 0 Å². The summed E-state index contributed by atoms with van der Waals surface area (Å²) in [6, 6.07) is 41.5. The summed E-state index contributed by atoms with van der Waals surface area (Å²) in [4.78, 5) is 2.34. The number of benzene rings is 5. The van der Waals surface area contributed by atoms with Crippen LogP contribution in [0.25, 0.3) is 38.3 Å². The Labute approximate surface area is 211 Å². The SMILES string of the molecule is C1=CCCC(n2c3cc(N(c4ccccc4)c4ccccc4)ccc3c3ccc4ccccc4c32)=C1. The lowest BCUT2D eigenvalue weighted by Crippen LogP contribution is -2.09. The molecule has 5 aromatic carbocycles. The molecular weight excluding hydrogens is 436 g/mol. The molecule has 0 radical (unpaired) electrons. The van der Waals surface area contributed by atoms with Gasteiger partial charge in [0, 0.05) is 38.9 Å². The van der Waals surface area contributed by atoms with Crippen molar-refractivity contribution in [2.24, 2.45) is 0 Å². The van der Waals surface area contributed by atoms with Crippen molar-refractivity contribution < 1.29 is 0 Å². The fourth-order valence-corrected chi connectivity index (χ4v) is 5.58. The van der Waals surface area contributed by atoms with E-state index in [1.807, 2.05) is 0 Å². The zero-order valence-corrected chi connectivity index (χ0v) is 20.0. The molecular formula is C34H26N2. The van der Waals surface area contributed by atoms with Gasteiger partial charge in [-0.05, 0) is 60.7 Å². The largest absolute Gasteiger partial charge is 0.312 e. The molecule has 2 heteroatoms. The second-order valence-electron chi connectivity index (χ2n) is 9.35. The summed E-state index contributed by atoms with van der Waals surface area (Å²) < 4.78 is 2.51. The summed E-state index contributed by atoms with van der Waals surface area (Å²) in [5, 5.41) is 5.16. The fourth-order valence-electron chi connectivity index (χ4n) is 5.58. The smallest absolute Gasteiger partial charge is 0.0616 e. The van der Waals surface area contributed by atoms with Crippen LogP contribution in [0.15, 0.2) is 133 Å². The lowest BCUT2D eigenvalue weighted by Gasteiger charge is -2.25. The van der Waals surface area contributed by atoms with Crippen molar-refractivity contribution >= 4 is 55.3 Å². The van der Waals surface area contributed by atoms with Crippen molar-refractivity contribution in [1.29, 1.82) is 0 Å². The summed E-state index contributed by atoms with van der Waals surface area (Å²) >= 11 is 0. The number of allylic oxidation sites excluding steroid dienone is 4. The molecule has 0 spiro atoms.